The molecular formula is C47H27N3O2. The second kappa shape index (κ2) is 11.2. The van der Waals surface area contributed by atoms with Crippen molar-refractivity contribution in [2.45, 2.75) is 0 Å². The van der Waals surface area contributed by atoms with Crippen molar-refractivity contribution in [2.75, 3.05) is 0 Å². The minimum Gasteiger partial charge on any atom is -0.456 e. The van der Waals surface area contributed by atoms with Gasteiger partial charge in [0.05, 0.1) is 0 Å². The molecule has 0 radical (unpaired) electrons. The van der Waals surface area contributed by atoms with Crippen LogP contribution in [0, 0.1) is 0 Å². The predicted molar refractivity (Wildman–Crippen MR) is 211 cm³/mol. The van der Waals surface area contributed by atoms with Gasteiger partial charge in [0.15, 0.2) is 17.5 Å². The van der Waals surface area contributed by atoms with Gasteiger partial charge in [0.2, 0.25) is 0 Å². The summed E-state index contributed by atoms with van der Waals surface area (Å²) in [6, 6.07) is 56.4. The fraction of sp³-hybridized carbons (Fsp3) is 0. The van der Waals surface area contributed by atoms with Crippen molar-refractivity contribution in [3.63, 3.8) is 0 Å². The standard InChI is InChI=1S/C47H27N3O2/c1-3-11-30-25-32(21-19-28(30)9-1)35-14-7-17-40-43(35)44-38(15-8-18-41(44)52-40)47-49-45(33-22-20-29-10-2-4-12-31(29)26-33)48-46(50-47)34-23-24-37-36-13-5-6-16-39(36)51-42(37)27-34/h1-27H. The van der Waals surface area contributed by atoms with E-state index in [9.17, 15) is 0 Å². The molecular weight excluding hydrogens is 639 g/mol. The Morgan fingerprint density at radius 1 is 0.308 bits per heavy atom. The molecule has 0 bridgehead atoms. The molecule has 0 saturated heterocycles. The lowest BCUT2D eigenvalue weighted by Crippen LogP contribution is -2.00. The fourth-order valence-electron chi connectivity index (χ4n) is 7.60. The first-order valence-corrected chi connectivity index (χ1v) is 17.3. The third kappa shape index (κ3) is 4.53. The summed E-state index contributed by atoms with van der Waals surface area (Å²) in [7, 11) is 0. The van der Waals surface area contributed by atoms with Gasteiger partial charge in [0.25, 0.3) is 0 Å². The highest BCUT2D eigenvalue weighted by Gasteiger charge is 2.21. The molecule has 5 heteroatoms. The average molecular weight is 666 g/mol. The van der Waals surface area contributed by atoms with Gasteiger partial charge in [-0.25, -0.2) is 15.0 Å². The molecule has 0 aliphatic carbocycles. The lowest BCUT2D eigenvalue weighted by atomic mass is 9.95. The van der Waals surface area contributed by atoms with Crippen molar-refractivity contribution in [2.24, 2.45) is 0 Å². The Labute approximate surface area is 297 Å². The molecule has 8 aromatic carbocycles. The summed E-state index contributed by atoms with van der Waals surface area (Å²) in [6.45, 7) is 0. The van der Waals surface area contributed by atoms with E-state index in [0.717, 1.165) is 82.5 Å². The number of hydrogen-bond acceptors (Lipinski definition) is 5. The van der Waals surface area contributed by atoms with Crippen molar-refractivity contribution in [1.82, 2.24) is 15.0 Å². The Morgan fingerprint density at radius 3 is 1.56 bits per heavy atom. The molecule has 0 fully saturated rings. The third-order valence-electron chi connectivity index (χ3n) is 10.1. The molecule has 0 aliphatic rings. The fourth-order valence-corrected chi connectivity index (χ4v) is 7.60. The first kappa shape index (κ1) is 28.7. The number of furan rings is 2. The monoisotopic (exact) mass is 665 g/mol. The number of nitrogens with zero attached hydrogens (tertiary/aromatic N) is 3. The van der Waals surface area contributed by atoms with Crippen molar-refractivity contribution < 1.29 is 8.83 Å². The normalized spacial score (nSPS) is 11.8. The van der Waals surface area contributed by atoms with Gasteiger partial charge in [-0.15, -0.1) is 0 Å². The maximum Gasteiger partial charge on any atom is 0.164 e. The maximum absolute atomic E-state index is 6.54. The van der Waals surface area contributed by atoms with Crippen LogP contribution in [0.4, 0.5) is 0 Å². The summed E-state index contributed by atoms with van der Waals surface area (Å²) in [6.07, 6.45) is 0. The van der Waals surface area contributed by atoms with Crippen molar-refractivity contribution in [3.8, 4) is 45.3 Å². The van der Waals surface area contributed by atoms with Gasteiger partial charge >= 0.3 is 0 Å². The molecule has 0 aliphatic heterocycles. The summed E-state index contributed by atoms with van der Waals surface area (Å²) in [4.78, 5) is 15.5. The number of hydrogen-bond donors (Lipinski definition) is 0. The van der Waals surface area contributed by atoms with Crippen LogP contribution < -0.4 is 0 Å². The summed E-state index contributed by atoms with van der Waals surface area (Å²) in [5.74, 6) is 1.73. The minimum absolute atomic E-state index is 0.565. The van der Waals surface area contributed by atoms with Gasteiger partial charge in [0.1, 0.15) is 22.3 Å². The van der Waals surface area contributed by atoms with E-state index >= 15 is 0 Å². The van der Waals surface area contributed by atoms with Crippen LogP contribution >= 0.6 is 0 Å². The summed E-state index contributed by atoms with van der Waals surface area (Å²) in [5, 5.41) is 8.81. The molecule has 0 spiro atoms. The van der Waals surface area contributed by atoms with Crippen LogP contribution in [0.1, 0.15) is 0 Å². The average Bonchev–Trinajstić information content (AvgIpc) is 3.78. The van der Waals surface area contributed by atoms with E-state index in [4.69, 9.17) is 23.8 Å². The Balaban J connectivity index is 1.16. The minimum atomic E-state index is 0.565. The lowest BCUT2D eigenvalue weighted by molar-refractivity contribution is 0.668. The van der Waals surface area contributed by atoms with Crippen molar-refractivity contribution in [1.29, 1.82) is 0 Å². The molecule has 0 N–H and O–H groups in total. The molecule has 3 aromatic heterocycles. The van der Waals surface area contributed by atoms with Gasteiger partial charge in [-0.3, -0.25) is 0 Å². The highest BCUT2D eigenvalue weighted by molar-refractivity contribution is 6.18. The van der Waals surface area contributed by atoms with Crippen molar-refractivity contribution in [3.05, 3.63) is 164 Å². The second-order valence-corrected chi connectivity index (χ2v) is 13.2. The van der Waals surface area contributed by atoms with Crippen molar-refractivity contribution >= 4 is 65.4 Å². The Bertz CT molecular complexity index is 3210. The van der Waals surface area contributed by atoms with E-state index in [0.29, 0.717) is 17.5 Å². The molecule has 11 aromatic rings. The number of benzene rings is 8. The molecule has 3 heterocycles. The third-order valence-corrected chi connectivity index (χ3v) is 10.1. The Kier molecular flexibility index (Phi) is 6.18. The maximum atomic E-state index is 6.54. The first-order chi connectivity index (χ1) is 25.7. The SMILES string of the molecule is c1ccc2cc(-c3nc(-c4ccc5c(c4)oc4ccccc45)nc(-c4cccc5oc6cccc(-c7ccc8ccccc8c7)c6c45)n3)ccc2c1. The first-order valence-electron chi connectivity index (χ1n) is 17.3. The van der Waals surface area contributed by atoms with Crippen LogP contribution in [0.5, 0.6) is 0 Å². The second-order valence-electron chi connectivity index (χ2n) is 13.2. The lowest BCUT2D eigenvalue weighted by Gasteiger charge is -2.11. The summed E-state index contributed by atoms with van der Waals surface area (Å²) in [5.41, 5.74) is 8.07. The number of aromatic nitrogens is 3. The quantitative estimate of drug-likeness (QED) is 0.187. The largest absolute Gasteiger partial charge is 0.456 e. The Hall–Kier alpha value is -7.11. The van der Waals surface area contributed by atoms with E-state index in [-0.39, 0.29) is 0 Å². The molecule has 0 atom stereocenters. The van der Waals surface area contributed by atoms with Gasteiger partial charge < -0.3 is 8.83 Å². The zero-order valence-electron chi connectivity index (χ0n) is 27.7. The summed E-state index contributed by atoms with van der Waals surface area (Å²) >= 11 is 0. The smallest absolute Gasteiger partial charge is 0.164 e. The van der Waals surface area contributed by atoms with Gasteiger partial charge in [-0.1, -0.05) is 121 Å². The molecule has 5 nitrogen and oxygen atoms in total. The van der Waals surface area contributed by atoms with Crippen LogP contribution in [-0.2, 0) is 0 Å². The topological polar surface area (TPSA) is 65.0 Å². The molecule has 0 amide bonds. The van der Waals surface area contributed by atoms with Crippen LogP contribution in [0.2, 0.25) is 0 Å². The predicted octanol–water partition coefficient (Wildman–Crippen LogP) is 12.6. The zero-order valence-corrected chi connectivity index (χ0v) is 27.7. The van der Waals surface area contributed by atoms with E-state index in [2.05, 4.69) is 121 Å². The van der Waals surface area contributed by atoms with Crippen LogP contribution in [-0.4, -0.2) is 15.0 Å². The highest BCUT2D eigenvalue weighted by atomic mass is 16.3. The molecule has 11 rings (SSSR count). The Morgan fingerprint density at radius 2 is 0.808 bits per heavy atom. The molecule has 0 unspecified atom stereocenters. The number of para-hydroxylation sites is 1. The molecule has 52 heavy (non-hydrogen) atoms. The van der Waals surface area contributed by atoms with E-state index < -0.39 is 0 Å². The van der Waals surface area contributed by atoms with Crippen LogP contribution in [0.15, 0.2) is 173 Å². The van der Waals surface area contributed by atoms with Crippen LogP contribution in [0.25, 0.3) is 111 Å². The van der Waals surface area contributed by atoms with Crippen LogP contribution in [0.3, 0.4) is 0 Å². The number of rotatable bonds is 4. The van der Waals surface area contributed by atoms with E-state index in [1.165, 1.54) is 10.8 Å². The van der Waals surface area contributed by atoms with Gasteiger partial charge in [-0.2, -0.15) is 0 Å². The number of fused-ring (bicyclic) bond motifs is 8. The highest BCUT2D eigenvalue weighted by Crippen LogP contribution is 2.42. The molecule has 0 saturated carbocycles. The summed E-state index contributed by atoms with van der Waals surface area (Å²) < 4.78 is 12.8. The van der Waals surface area contributed by atoms with Gasteiger partial charge in [-0.05, 0) is 75.1 Å². The molecule has 242 valence electrons. The zero-order chi connectivity index (χ0) is 34.2. The van der Waals surface area contributed by atoms with Gasteiger partial charge in [0, 0.05) is 38.2 Å². The van der Waals surface area contributed by atoms with E-state index in [1.807, 2.05) is 42.5 Å². The van der Waals surface area contributed by atoms with E-state index in [1.54, 1.807) is 0 Å².